The average molecular weight is 350 g/mol. The monoisotopic (exact) mass is 350 g/mol. The summed E-state index contributed by atoms with van der Waals surface area (Å²) in [5.41, 5.74) is 1.96. The number of pyridine rings is 1. The van der Waals surface area contributed by atoms with E-state index in [0.29, 0.717) is 31.2 Å². The van der Waals surface area contributed by atoms with Gasteiger partial charge in [0.05, 0.1) is 12.9 Å². The van der Waals surface area contributed by atoms with Gasteiger partial charge in [-0.05, 0) is 23.8 Å². The molecular weight excluding hydrogens is 328 g/mol. The number of nitrogens with zero attached hydrogens (tertiary/aromatic N) is 1. The lowest BCUT2D eigenvalue weighted by atomic mass is 10.2. The van der Waals surface area contributed by atoms with E-state index in [2.05, 4.69) is 10.3 Å². The molecule has 0 aliphatic heterocycles. The maximum Gasteiger partial charge on any atom is 0.161 e. The SMILES string of the molecule is COc1ccc(CNCCS(C)(=O)=O)cc1OCc1cccnc1. The molecule has 24 heavy (non-hydrogen) atoms. The van der Waals surface area contributed by atoms with Crippen molar-refractivity contribution in [2.45, 2.75) is 13.2 Å². The first-order valence-corrected chi connectivity index (χ1v) is 9.61. The summed E-state index contributed by atoms with van der Waals surface area (Å²) in [7, 11) is -1.36. The molecule has 0 aliphatic rings. The van der Waals surface area contributed by atoms with Crippen molar-refractivity contribution in [3.8, 4) is 11.5 Å². The first-order valence-electron chi connectivity index (χ1n) is 7.55. The van der Waals surface area contributed by atoms with Gasteiger partial charge in [0.15, 0.2) is 11.5 Å². The second kappa shape index (κ2) is 8.65. The van der Waals surface area contributed by atoms with E-state index >= 15 is 0 Å². The van der Waals surface area contributed by atoms with Crippen molar-refractivity contribution in [2.24, 2.45) is 0 Å². The predicted octanol–water partition coefficient (Wildman–Crippen LogP) is 1.80. The molecule has 0 atom stereocenters. The van der Waals surface area contributed by atoms with Crippen molar-refractivity contribution in [1.82, 2.24) is 10.3 Å². The average Bonchev–Trinajstić information content (AvgIpc) is 2.57. The van der Waals surface area contributed by atoms with Gasteiger partial charge in [0.25, 0.3) is 0 Å². The van der Waals surface area contributed by atoms with Crippen LogP contribution >= 0.6 is 0 Å². The van der Waals surface area contributed by atoms with Crippen LogP contribution in [0.25, 0.3) is 0 Å². The van der Waals surface area contributed by atoms with Crippen molar-refractivity contribution in [3.63, 3.8) is 0 Å². The van der Waals surface area contributed by atoms with Crippen molar-refractivity contribution < 1.29 is 17.9 Å². The molecule has 6 nitrogen and oxygen atoms in total. The second-order valence-corrected chi connectivity index (χ2v) is 7.70. The molecule has 0 radical (unpaired) electrons. The van der Waals surface area contributed by atoms with Gasteiger partial charge in [-0.3, -0.25) is 4.98 Å². The molecule has 0 saturated carbocycles. The molecule has 0 aliphatic carbocycles. The molecule has 0 amide bonds. The fourth-order valence-corrected chi connectivity index (χ4v) is 2.59. The normalized spacial score (nSPS) is 11.2. The number of aromatic nitrogens is 1. The fourth-order valence-electron chi connectivity index (χ4n) is 2.08. The highest BCUT2D eigenvalue weighted by Crippen LogP contribution is 2.28. The van der Waals surface area contributed by atoms with Gasteiger partial charge in [0.1, 0.15) is 16.4 Å². The molecule has 0 fully saturated rings. The highest BCUT2D eigenvalue weighted by molar-refractivity contribution is 7.90. The summed E-state index contributed by atoms with van der Waals surface area (Å²) in [5.74, 6) is 1.41. The van der Waals surface area contributed by atoms with Gasteiger partial charge in [-0.15, -0.1) is 0 Å². The maximum atomic E-state index is 11.1. The van der Waals surface area contributed by atoms with Gasteiger partial charge < -0.3 is 14.8 Å². The first kappa shape index (κ1) is 18.2. The Bertz CT molecular complexity index is 748. The molecular formula is C17H22N2O4S. The smallest absolute Gasteiger partial charge is 0.161 e. The summed E-state index contributed by atoms with van der Waals surface area (Å²) in [4.78, 5) is 4.06. The van der Waals surface area contributed by atoms with E-state index in [1.54, 1.807) is 19.5 Å². The van der Waals surface area contributed by atoms with Crippen LogP contribution in [0.4, 0.5) is 0 Å². The van der Waals surface area contributed by atoms with Crippen molar-refractivity contribution in [1.29, 1.82) is 0 Å². The number of benzene rings is 1. The number of methoxy groups -OCH3 is 1. The van der Waals surface area contributed by atoms with Crippen molar-refractivity contribution >= 4 is 9.84 Å². The van der Waals surface area contributed by atoms with E-state index in [-0.39, 0.29) is 5.75 Å². The lowest BCUT2D eigenvalue weighted by Gasteiger charge is -2.13. The highest BCUT2D eigenvalue weighted by Gasteiger charge is 2.07. The first-order chi connectivity index (χ1) is 11.5. The molecule has 0 saturated heterocycles. The van der Waals surface area contributed by atoms with E-state index in [1.807, 2.05) is 30.3 Å². The molecule has 2 aromatic rings. The van der Waals surface area contributed by atoms with E-state index in [9.17, 15) is 8.42 Å². The zero-order valence-electron chi connectivity index (χ0n) is 13.9. The largest absolute Gasteiger partial charge is 0.493 e. The van der Waals surface area contributed by atoms with Crippen molar-refractivity contribution in [3.05, 3.63) is 53.9 Å². The quantitative estimate of drug-likeness (QED) is 0.695. The minimum absolute atomic E-state index is 0.119. The predicted molar refractivity (Wildman–Crippen MR) is 93.0 cm³/mol. The zero-order valence-corrected chi connectivity index (χ0v) is 14.7. The molecule has 130 valence electrons. The standard InChI is InChI=1S/C17H22N2O4S/c1-22-16-6-5-14(11-19-8-9-24(2,20)21)10-17(16)23-13-15-4-3-7-18-12-15/h3-7,10,12,19H,8-9,11,13H2,1-2H3. The Morgan fingerprint density at radius 2 is 2.00 bits per heavy atom. The van der Waals surface area contributed by atoms with Gasteiger partial charge in [-0.1, -0.05) is 12.1 Å². The van der Waals surface area contributed by atoms with Gasteiger partial charge in [0, 0.05) is 37.3 Å². The van der Waals surface area contributed by atoms with Gasteiger partial charge in [-0.25, -0.2) is 8.42 Å². The van der Waals surface area contributed by atoms with E-state index in [0.717, 1.165) is 11.1 Å². The highest BCUT2D eigenvalue weighted by atomic mass is 32.2. The van der Waals surface area contributed by atoms with Crippen LogP contribution in [0.5, 0.6) is 11.5 Å². The number of nitrogens with one attached hydrogen (secondary N) is 1. The molecule has 2 rings (SSSR count). The number of hydrogen-bond acceptors (Lipinski definition) is 6. The minimum Gasteiger partial charge on any atom is -0.493 e. The Balaban J connectivity index is 1.96. The van der Waals surface area contributed by atoms with Crippen LogP contribution in [0, 0.1) is 0 Å². The van der Waals surface area contributed by atoms with Gasteiger partial charge >= 0.3 is 0 Å². The summed E-state index contributed by atoms with van der Waals surface area (Å²) in [6.45, 7) is 1.37. The lowest BCUT2D eigenvalue weighted by Crippen LogP contribution is -2.21. The van der Waals surface area contributed by atoms with Crippen LogP contribution in [-0.2, 0) is 23.0 Å². The summed E-state index contributed by atoms with van der Waals surface area (Å²) in [5, 5.41) is 3.11. The number of sulfone groups is 1. The van der Waals surface area contributed by atoms with Crippen LogP contribution in [0.2, 0.25) is 0 Å². The maximum absolute atomic E-state index is 11.1. The van der Waals surface area contributed by atoms with Gasteiger partial charge in [-0.2, -0.15) is 0 Å². The summed E-state index contributed by atoms with van der Waals surface area (Å²) in [6, 6.07) is 9.45. The van der Waals surface area contributed by atoms with Gasteiger partial charge in [0.2, 0.25) is 0 Å². The molecule has 0 bridgehead atoms. The van der Waals surface area contributed by atoms with E-state index < -0.39 is 9.84 Å². The topological polar surface area (TPSA) is 77.5 Å². The summed E-state index contributed by atoms with van der Waals surface area (Å²) < 4.78 is 33.4. The summed E-state index contributed by atoms with van der Waals surface area (Å²) >= 11 is 0. The second-order valence-electron chi connectivity index (χ2n) is 5.44. The number of hydrogen-bond donors (Lipinski definition) is 1. The number of ether oxygens (including phenoxy) is 2. The van der Waals surface area contributed by atoms with Crippen LogP contribution in [0.15, 0.2) is 42.7 Å². The molecule has 1 aromatic carbocycles. The third-order valence-electron chi connectivity index (χ3n) is 3.32. The number of rotatable bonds is 9. The Labute approximate surface area is 142 Å². The zero-order chi connectivity index (χ0) is 17.4. The Morgan fingerprint density at radius 1 is 1.17 bits per heavy atom. The fraction of sp³-hybridized carbons (Fsp3) is 0.353. The molecule has 0 spiro atoms. The Morgan fingerprint density at radius 3 is 2.67 bits per heavy atom. The van der Waals surface area contributed by atoms with Crippen LogP contribution < -0.4 is 14.8 Å². The van der Waals surface area contributed by atoms with E-state index in [4.69, 9.17) is 9.47 Å². The third kappa shape index (κ3) is 6.17. The molecule has 0 unspecified atom stereocenters. The van der Waals surface area contributed by atoms with Crippen LogP contribution in [0.3, 0.4) is 0 Å². The van der Waals surface area contributed by atoms with Crippen molar-refractivity contribution in [2.75, 3.05) is 25.7 Å². The van der Waals surface area contributed by atoms with E-state index in [1.165, 1.54) is 6.26 Å². The molecule has 1 heterocycles. The molecule has 1 N–H and O–H groups in total. The Hall–Kier alpha value is -2.12. The summed E-state index contributed by atoms with van der Waals surface area (Å²) in [6.07, 6.45) is 4.70. The lowest BCUT2D eigenvalue weighted by molar-refractivity contribution is 0.284. The van der Waals surface area contributed by atoms with Crippen LogP contribution in [-0.4, -0.2) is 39.1 Å². The molecule has 1 aromatic heterocycles. The molecule has 7 heteroatoms. The Kier molecular flexibility index (Phi) is 6.57. The third-order valence-corrected chi connectivity index (χ3v) is 4.27. The minimum atomic E-state index is -2.95. The van der Waals surface area contributed by atoms with Crippen LogP contribution in [0.1, 0.15) is 11.1 Å².